The largest absolute Gasteiger partial charge is 0.280 e. The van der Waals surface area contributed by atoms with Crippen LogP contribution in [-0.2, 0) is 16.6 Å². The molecule has 0 saturated carbocycles. The van der Waals surface area contributed by atoms with E-state index in [0.29, 0.717) is 11.3 Å². The van der Waals surface area contributed by atoms with Gasteiger partial charge in [-0.25, -0.2) is 8.42 Å². The Labute approximate surface area is 116 Å². The third-order valence-electron chi connectivity index (χ3n) is 2.55. The highest BCUT2D eigenvalue weighted by atomic mass is 32.2. The van der Waals surface area contributed by atoms with Crippen LogP contribution in [0, 0.1) is 10.1 Å². The van der Waals surface area contributed by atoms with Gasteiger partial charge in [0, 0.05) is 16.2 Å². The number of benzene rings is 2. The maximum Gasteiger partial charge on any atom is 0.261 e. The quantitative estimate of drug-likeness (QED) is 0.676. The van der Waals surface area contributed by atoms with E-state index in [9.17, 15) is 18.5 Å². The zero-order chi connectivity index (χ0) is 14.6. The van der Waals surface area contributed by atoms with Gasteiger partial charge in [0.2, 0.25) is 6.54 Å². The van der Waals surface area contributed by atoms with E-state index in [4.69, 9.17) is 0 Å². The van der Waals surface area contributed by atoms with Crippen molar-refractivity contribution in [1.82, 2.24) is 0 Å². The van der Waals surface area contributed by atoms with Gasteiger partial charge in [-0.1, -0.05) is 30.3 Å². The van der Waals surface area contributed by atoms with Crippen molar-refractivity contribution in [1.29, 1.82) is 0 Å². The third-order valence-corrected chi connectivity index (χ3v) is 3.93. The molecule has 0 spiro atoms. The molecule has 7 heteroatoms. The number of nitrogens with one attached hydrogen (secondary N) is 1. The first kappa shape index (κ1) is 14.0. The second-order valence-electron chi connectivity index (χ2n) is 4.11. The highest BCUT2D eigenvalue weighted by Gasteiger charge is 2.15. The summed E-state index contributed by atoms with van der Waals surface area (Å²) < 4.78 is 26.7. The molecule has 0 heterocycles. The molecule has 2 aromatic rings. The number of hydrogen-bond donors (Lipinski definition) is 1. The van der Waals surface area contributed by atoms with Gasteiger partial charge >= 0.3 is 0 Å². The van der Waals surface area contributed by atoms with Gasteiger partial charge in [-0.3, -0.25) is 14.8 Å². The van der Waals surface area contributed by atoms with Gasteiger partial charge in [0.05, 0.1) is 4.90 Å². The molecule has 20 heavy (non-hydrogen) atoms. The first-order valence-corrected chi connectivity index (χ1v) is 7.24. The molecule has 0 aromatic heterocycles. The average molecular weight is 292 g/mol. The van der Waals surface area contributed by atoms with Gasteiger partial charge in [0.15, 0.2) is 0 Å². The smallest absolute Gasteiger partial charge is 0.261 e. The first-order valence-electron chi connectivity index (χ1n) is 5.76. The Bertz CT molecular complexity index is 714. The summed E-state index contributed by atoms with van der Waals surface area (Å²) >= 11 is 0. The molecule has 0 aliphatic heterocycles. The van der Waals surface area contributed by atoms with Crippen LogP contribution in [0.15, 0.2) is 59.5 Å². The number of rotatable bonds is 5. The zero-order valence-corrected chi connectivity index (χ0v) is 11.2. The van der Waals surface area contributed by atoms with Gasteiger partial charge in [0.1, 0.15) is 0 Å². The molecule has 0 atom stereocenters. The predicted molar refractivity (Wildman–Crippen MR) is 74.4 cm³/mol. The van der Waals surface area contributed by atoms with E-state index in [1.165, 1.54) is 24.3 Å². The van der Waals surface area contributed by atoms with E-state index >= 15 is 0 Å². The fourth-order valence-corrected chi connectivity index (χ4v) is 2.81. The minimum Gasteiger partial charge on any atom is -0.280 e. The first-order chi connectivity index (χ1) is 9.47. The molecule has 0 fully saturated rings. The van der Waals surface area contributed by atoms with E-state index in [1.54, 1.807) is 30.3 Å². The Balaban J connectivity index is 2.28. The van der Waals surface area contributed by atoms with E-state index in [-0.39, 0.29) is 4.90 Å². The molecule has 0 unspecified atom stereocenters. The summed E-state index contributed by atoms with van der Waals surface area (Å²) in [6.45, 7) is -0.408. The Hall–Kier alpha value is -2.41. The number of para-hydroxylation sites is 1. The number of anilines is 1. The molecule has 2 aromatic carbocycles. The molecule has 6 nitrogen and oxygen atoms in total. The maximum atomic E-state index is 12.2. The average Bonchev–Trinajstić information content (AvgIpc) is 2.39. The lowest BCUT2D eigenvalue weighted by molar-refractivity contribution is -0.496. The van der Waals surface area contributed by atoms with E-state index < -0.39 is 21.5 Å². The maximum absolute atomic E-state index is 12.2. The SMILES string of the molecule is O=[N+]([O-])Cc1cccc(S(=O)(=O)Nc2ccccc2)c1. The van der Waals surface area contributed by atoms with Gasteiger partial charge in [-0.15, -0.1) is 0 Å². The topological polar surface area (TPSA) is 89.3 Å². The molecule has 104 valence electrons. The molecule has 0 amide bonds. The standard InChI is InChI=1S/C13H12N2O4S/c16-15(17)10-11-5-4-8-13(9-11)20(18,19)14-12-6-2-1-3-7-12/h1-9,14H,10H2. The van der Waals surface area contributed by atoms with Gasteiger partial charge in [-0.2, -0.15) is 0 Å². The summed E-state index contributed by atoms with van der Waals surface area (Å²) in [5.74, 6) is 0. The van der Waals surface area contributed by atoms with Gasteiger partial charge in [0.25, 0.3) is 10.0 Å². The Morgan fingerprint density at radius 3 is 2.40 bits per heavy atom. The number of sulfonamides is 1. The van der Waals surface area contributed by atoms with Crippen molar-refractivity contribution >= 4 is 15.7 Å². The van der Waals surface area contributed by atoms with Crippen LogP contribution in [0.1, 0.15) is 5.56 Å². The Kier molecular flexibility index (Phi) is 3.99. The second kappa shape index (κ2) is 5.70. The predicted octanol–water partition coefficient (Wildman–Crippen LogP) is 2.26. The number of nitrogens with zero attached hydrogens (tertiary/aromatic N) is 1. The molecular weight excluding hydrogens is 280 g/mol. The monoisotopic (exact) mass is 292 g/mol. The summed E-state index contributed by atoms with van der Waals surface area (Å²) in [5.41, 5.74) is 0.776. The normalized spacial score (nSPS) is 11.0. The molecule has 2 rings (SSSR count). The third kappa shape index (κ3) is 3.55. The van der Waals surface area contributed by atoms with Crippen molar-refractivity contribution in [2.75, 3.05) is 4.72 Å². The van der Waals surface area contributed by atoms with Crippen molar-refractivity contribution in [3.8, 4) is 0 Å². The Morgan fingerprint density at radius 2 is 1.75 bits per heavy atom. The van der Waals surface area contributed by atoms with Crippen LogP contribution in [0.5, 0.6) is 0 Å². The van der Waals surface area contributed by atoms with E-state index in [1.807, 2.05) is 0 Å². The van der Waals surface area contributed by atoms with Crippen molar-refractivity contribution in [2.24, 2.45) is 0 Å². The zero-order valence-electron chi connectivity index (χ0n) is 10.4. The van der Waals surface area contributed by atoms with Crippen molar-refractivity contribution in [2.45, 2.75) is 11.4 Å². The lowest BCUT2D eigenvalue weighted by atomic mass is 10.2. The van der Waals surface area contributed by atoms with Crippen LogP contribution >= 0.6 is 0 Å². The molecule has 1 N–H and O–H groups in total. The van der Waals surface area contributed by atoms with Crippen molar-refractivity contribution < 1.29 is 13.3 Å². The second-order valence-corrected chi connectivity index (χ2v) is 5.79. The molecule has 0 saturated heterocycles. The van der Waals surface area contributed by atoms with Crippen LogP contribution in [-0.4, -0.2) is 13.3 Å². The van der Waals surface area contributed by atoms with Crippen LogP contribution in [0.2, 0.25) is 0 Å². The molecule has 0 aliphatic carbocycles. The highest BCUT2D eigenvalue weighted by molar-refractivity contribution is 7.92. The summed E-state index contributed by atoms with van der Waals surface area (Å²) in [7, 11) is -3.74. The minimum absolute atomic E-state index is 0.000651. The summed E-state index contributed by atoms with van der Waals surface area (Å²) in [6, 6.07) is 14.1. The van der Waals surface area contributed by atoms with Gasteiger partial charge < -0.3 is 0 Å². The fourth-order valence-electron chi connectivity index (χ4n) is 1.68. The van der Waals surface area contributed by atoms with Crippen LogP contribution in [0.25, 0.3) is 0 Å². The number of nitro groups is 1. The highest BCUT2D eigenvalue weighted by Crippen LogP contribution is 2.17. The molecule has 0 aliphatic rings. The lowest BCUT2D eigenvalue weighted by Crippen LogP contribution is -2.13. The van der Waals surface area contributed by atoms with Crippen molar-refractivity contribution in [3.05, 3.63) is 70.3 Å². The van der Waals surface area contributed by atoms with E-state index in [2.05, 4.69) is 4.72 Å². The summed E-state index contributed by atoms with van der Waals surface area (Å²) in [4.78, 5) is 9.96. The Morgan fingerprint density at radius 1 is 1.05 bits per heavy atom. The van der Waals surface area contributed by atoms with Gasteiger partial charge in [-0.05, 0) is 24.3 Å². The summed E-state index contributed by atoms with van der Waals surface area (Å²) in [6.07, 6.45) is 0. The molecular formula is C13H12N2O4S. The number of hydrogen-bond acceptors (Lipinski definition) is 4. The van der Waals surface area contributed by atoms with Crippen molar-refractivity contribution in [3.63, 3.8) is 0 Å². The van der Waals surface area contributed by atoms with Crippen LogP contribution in [0.4, 0.5) is 5.69 Å². The van der Waals surface area contributed by atoms with Crippen LogP contribution < -0.4 is 4.72 Å². The molecule has 0 radical (unpaired) electrons. The lowest BCUT2D eigenvalue weighted by Gasteiger charge is -2.08. The van der Waals surface area contributed by atoms with Crippen LogP contribution in [0.3, 0.4) is 0 Å². The van der Waals surface area contributed by atoms with E-state index in [0.717, 1.165) is 0 Å². The summed E-state index contributed by atoms with van der Waals surface area (Å²) in [5, 5.41) is 10.5. The minimum atomic E-state index is -3.74. The molecule has 0 bridgehead atoms. The fraction of sp³-hybridized carbons (Fsp3) is 0.0769.